The first kappa shape index (κ1) is 19.0. The second-order valence-electron chi connectivity index (χ2n) is 3.01. The molecule has 0 fully saturated rings. The van der Waals surface area contributed by atoms with Crippen molar-refractivity contribution in [2.24, 2.45) is 11.7 Å². The Labute approximate surface area is 88.1 Å². The third-order valence-corrected chi connectivity index (χ3v) is 1.31. The molecule has 0 aliphatic carbocycles. The van der Waals surface area contributed by atoms with E-state index >= 15 is 0 Å². The predicted molar refractivity (Wildman–Crippen MR) is 61.2 cm³/mol. The van der Waals surface area contributed by atoms with Crippen LogP contribution in [-0.2, 0) is 9.59 Å². The fourth-order valence-corrected chi connectivity index (χ4v) is 0.203. The zero-order chi connectivity index (χ0) is 12.1. The van der Waals surface area contributed by atoms with Crippen LogP contribution in [0, 0.1) is 5.92 Å². The van der Waals surface area contributed by atoms with Gasteiger partial charge in [-0.2, -0.15) is 0 Å². The number of hydrogen-bond acceptors (Lipinski definition) is 3. The van der Waals surface area contributed by atoms with E-state index < -0.39 is 0 Å². The first-order valence-electron chi connectivity index (χ1n) is 5.11. The van der Waals surface area contributed by atoms with Gasteiger partial charge >= 0.3 is 0 Å². The minimum Gasteiger partial charge on any atom is -0.330 e. The smallest absolute Gasteiger partial charge is 0.132 e. The number of carbonyl (C=O) groups is 2. The number of rotatable bonds is 3. The van der Waals surface area contributed by atoms with Crippen LogP contribution >= 0.6 is 0 Å². The monoisotopic (exact) mass is 203 g/mol. The summed E-state index contributed by atoms with van der Waals surface area (Å²) in [5.41, 5.74) is 5.01. The molecule has 0 aromatic rings. The van der Waals surface area contributed by atoms with E-state index in [1.807, 2.05) is 27.7 Å². The molecule has 0 spiro atoms. The lowest BCUT2D eigenvalue weighted by molar-refractivity contribution is -0.119. The molecule has 2 N–H and O–H groups in total. The Kier molecular flexibility index (Phi) is 20.1. The minimum atomic E-state index is 0.164. The van der Waals surface area contributed by atoms with Gasteiger partial charge in [0.2, 0.25) is 0 Å². The molecule has 0 saturated carbocycles. The van der Waals surface area contributed by atoms with Gasteiger partial charge in [0, 0.05) is 12.3 Å². The van der Waals surface area contributed by atoms with Gasteiger partial charge in [0.05, 0.1) is 0 Å². The van der Waals surface area contributed by atoms with Gasteiger partial charge in [-0.25, -0.2) is 0 Å². The molecule has 0 aliphatic heterocycles. The Bertz CT molecular complexity index is 142. The van der Waals surface area contributed by atoms with Crippen LogP contribution in [0.25, 0.3) is 0 Å². The fourth-order valence-electron chi connectivity index (χ4n) is 0.203. The van der Waals surface area contributed by atoms with Crippen molar-refractivity contribution in [3.63, 3.8) is 0 Å². The summed E-state index contributed by atoms with van der Waals surface area (Å²) in [6.45, 7) is 11.4. The van der Waals surface area contributed by atoms with Crippen LogP contribution in [0.1, 0.15) is 48.0 Å². The number of Topliss-reactive ketones (excluding diaryl/α,β-unsaturated/α-hetero) is 2. The zero-order valence-corrected chi connectivity index (χ0v) is 10.4. The van der Waals surface area contributed by atoms with Gasteiger partial charge in [-0.15, -0.1) is 0 Å². The Morgan fingerprint density at radius 3 is 1.43 bits per heavy atom. The predicted octanol–water partition coefficient (Wildman–Crippen LogP) is 2.18. The molecule has 0 heterocycles. The van der Waals surface area contributed by atoms with Crippen LogP contribution in [-0.4, -0.2) is 18.1 Å². The number of nitrogens with two attached hydrogens (primary N) is 1. The topological polar surface area (TPSA) is 60.2 Å². The lowest BCUT2D eigenvalue weighted by atomic mass is 10.1. The van der Waals surface area contributed by atoms with Gasteiger partial charge in [-0.05, 0) is 20.4 Å². The highest BCUT2D eigenvalue weighted by molar-refractivity contribution is 5.77. The molecule has 0 atom stereocenters. The Morgan fingerprint density at radius 1 is 1.14 bits per heavy atom. The fraction of sp³-hybridized carbons (Fsp3) is 0.818. The van der Waals surface area contributed by atoms with Crippen molar-refractivity contribution in [1.29, 1.82) is 0 Å². The molecule has 3 nitrogen and oxygen atoms in total. The molecule has 0 radical (unpaired) electrons. The van der Waals surface area contributed by atoms with E-state index in [1.54, 1.807) is 6.92 Å². The van der Waals surface area contributed by atoms with Crippen LogP contribution in [0.5, 0.6) is 0 Å². The average Bonchev–Trinajstić information content (AvgIpc) is 2.08. The highest BCUT2D eigenvalue weighted by Gasteiger charge is 1.95. The SMILES string of the molecule is CC.CC(=O)C(C)C.CC(=O)CCN. The van der Waals surface area contributed by atoms with Crippen LogP contribution < -0.4 is 5.73 Å². The average molecular weight is 203 g/mol. The maximum Gasteiger partial charge on any atom is 0.132 e. The van der Waals surface area contributed by atoms with Crippen molar-refractivity contribution < 1.29 is 9.59 Å². The summed E-state index contributed by atoms with van der Waals surface area (Å²) in [6.07, 6.45) is 0.514. The molecule has 14 heavy (non-hydrogen) atoms. The Hall–Kier alpha value is -0.700. The Balaban J connectivity index is -0.000000147. The largest absolute Gasteiger partial charge is 0.330 e. The lowest BCUT2D eigenvalue weighted by Crippen LogP contribution is -2.03. The van der Waals surface area contributed by atoms with Gasteiger partial charge in [0.1, 0.15) is 11.6 Å². The summed E-state index contributed by atoms with van der Waals surface area (Å²) in [4.78, 5) is 20.1. The summed E-state index contributed by atoms with van der Waals surface area (Å²) in [5.74, 6) is 0.637. The maximum atomic E-state index is 10.1. The summed E-state index contributed by atoms with van der Waals surface area (Å²) >= 11 is 0. The first-order valence-corrected chi connectivity index (χ1v) is 5.11. The van der Waals surface area contributed by atoms with Crippen molar-refractivity contribution in [2.45, 2.75) is 48.0 Å². The second-order valence-corrected chi connectivity index (χ2v) is 3.01. The van der Waals surface area contributed by atoms with Crippen LogP contribution in [0.3, 0.4) is 0 Å². The highest BCUT2D eigenvalue weighted by Crippen LogP contribution is 1.89. The third kappa shape index (κ3) is 30.2. The second kappa shape index (κ2) is 14.8. The van der Waals surface area contributed by atoms with E-state index in [0.717, 1.165) is 0 Å². The quantitative estimate of drug-likeness (QED) is 0.764. The first-order chi connectivity index (χ1) is 6.41. The van der Waals surface area contributed by atoms with Gasteiger partial charge in [0.15, 0.2) is 0 Å². The van der Waals surface area contributed by atoms with Gasteiger partial charge < -0.3 is 5.73 Å². The summed E-state index contributed by atoms with van der Waals surface area (Å²) < 4.78 is 0. The minimum absolute atomic E-state index is 0.164. The van der Waals surface area contributed by atoms with Gasteiger partial charge in [-0.3, -0.25) is 9.59 Å². The summed E-state index contributed by atoms with van der Waals surface area (Å²) in [7, 11) is 0. The van der Waals surface area contributed by atoms with Crippen molar-refractivity contribution >= 4 is 11.6 Å². The lowest BCUT2D eigenvalue weighted by Gasteiger charge is -1.90. The van der Waals surface area contributed by atoms with E-state index in [0.29, 0.717) is 13.0 Å². The number of hydrogen-bond donors (Lipinski definition) is 1. The number of carbonyl (C=O) groups excluding carboxylic acids is 2. The molecular formula is C11H25NO2. The van der Waals surface area contributed by atoms with E-state index in [9.17, 15) is 9.59 Å². The van der Waals surface area contributed by atoms with Crippen molar-refractivity contribution in [1.82, 2.24) is 0 Å². The number of ketones is 2. The van der Waals surface area contributed by atoms with Crippen molar-refractivity contribution in [2.75, 3.05) is 6.54 Å². The normalized spacial score (nSPS) is 8.00. The molecule has 0 aromatic carbocycles. The van der Waals surface area contributed by atoms with Gasteiger partial charge in [0.25, 0.3) is 0 Å². The molecule has 0 bridgehead atoms. The van der Waals surface area contributed by atoms with E-state index in [4.69, 9.17) is 5.73 Å². The van der Waals surface area contributed by atoms with E-state index in [1.165, 1.54) is 6.92 Å². The van der Waals surface area contributed by atoms with Crippen LogP contribution in [0.4, 0.5) is 0 Å². The molecule has 0 aromatic heterocycles. The zero-order valence-electron chi connectivity index (χ0n) is 10.4. The van der Waals surface area contributed by atoms with Crippen LogP contribution in [0.2, 0.25) is 0 Å². The third-order valence-electron chi connectivity index (χ3n) is 1.31. The molecule has 0 unspecified atom stereocenters. The molecule has 0 rings (SSSR count). The van der Waals surface area contributed by atoms with E-state index in [2.05, 4.69) is 0 Å². The standard InChI is InChI=1S/C5H10O.C4H9NO.C2H6/c1-4(2)5(3)6;1-4(6)2-3-5;1-2/h4H,1-3H3;2-3,5H2,1H3;1-2H3. The molecular weight excluding hydrogens is 178 g/mol. The van der Waals surface area contributed by atoms with E-state index in [-0.39, 0.29) is 17.5 Å². The molecule has 3 heteroatoms. The van der Waals surface area contributed by atoms with Gasteiger partial charge in [-0.1, -0.05) is 27.7 Å². The highest BCUT2D eigenvalue weighted by atomic mass is 16.1. The summed E-state index contributed by atoms with van der Waals surface area (Å²) in [6, 6.07) is 0. The molecule has 0 amide bonds. The summed E-state index contributed by atoms with van der Waals surface area (Å²) in [5, 5.41) is 0. The maximum absolute atomic E-state index is 10.1. The Morgan fingerprint density at radius 2 is 1.43 bits per heavy atom. The molecule has 0 saturated heterocycles. The van der Waals surface area contributed by atoms with Crippen molar-refractivity contribution in [3.05, 3.63) is 0 Å². The van der Waals surface area contributed by atoms with Crippen molar-refractivity contribution in [3.8, 4) is 0 Å². The molecule has 0 aliphatic rings. The molecule has 86 valence electrons. The van der Waals surface area contributed by atoms with Crippen LogP contribution in [0.15, 0.2) is 0 Å².